The minimum atomic E-state index is 0.605. The monoisotopic (exact) mass is 432 g/mol. The van der Waals surface area contributed by atoms with E-state index in [1.807, 2.05) is 23.1 Å². The first-order chi connectivity index (χ1) is 13.2. The Kier molecular flexibility index (Phi) is 7.56. The molecule has 2 N–H and O–H groups in total. The Bertz CT molecular complexity index is 698. The quantitative estimate of drug-likeness (QED) is 0.382. The lowest BCUT2D eigenvalue weighted by Crippen LogP contribution is -2.38. The Hall–Kier alpha value is -2.02. The highest BCUT2D eigenvalue weighted by Gasteiger charge is 2.22. The molecule has 0 aliphatic carbocycles. The van der Waals surface area contributed by atoms with E-state index < -0.39 is 0 Å². The number of hydrogen-bond donors (Lipinski definition) is 2. The zero-order chi connectivity index (χ0) is 18.9. The smallest absolute Gasteiger partial charge is 0.191 e. The number of aliphatic imine (C=N–C) groups is 1. The first-order valence-corrected chi connectivity index (χ1v) is 10.5. The molecule has 1 fully saturated rings. The van der Waals surface area contributed by atoms with Crippen molar-refractivity contribution in [2.24, 2.45) is 10.9 Å². The maximum atomic E-state index is 4.81. The van der Waals surface area contributed by atoms with Gasteiger partial charge in [0.25, 0.3) is 0 Å². The van der Waals surface area contributed by atoms with Gasteiger partial charge in [0, 0.05) is 61.8 Å². The van der Waals surface area contributed by atoms with Crippen molar-refractivity contribution in [1.82, 2.24) is 20.4 Å². The summed E-state index contributed by atoms with van der Waals surface area (Å²) in [5.74, 6) is 1.52. The van der Waals surface area contributed by atoms with E-state index in [0.717, 1.165) is 56.1 Å². The van der Waals surface area contributed by atoms with Crippen LogP contribution in [0.1, 0.15) is 19.8 Å². The highest BCUT2D eigenvalue weighted by atomic mass is 79.9. The van der Waals surface area contributed by atoms with Gasteiger partial charge in [0.1, 0.15) is 0 Å². The molecule has 2 heterocycles. The van der Waals surface area contributed by atoms with E-state index in [1.165, 1.54) is 12.1 Å². The summed E-state index contributed by atoms with van der Waals surface area (Å²) in [5, 5.41) is 11.0. The van der Waals surface area contributed by atoms with Crippen LogP contribution in [-0.4, -0.2) is 48.5 Å². The number of rotatable bonds is 8. The fourth-order valence-electron chi connectivity index (χ4n) is 3.31. The van der Waals surface area contributed by atoms with Crippen LogP contribution in [0.4, 0.5) is 5.69 Å². The lowest BCUT2D eigenvalue weighted by atomic mass is 10.1. The maximum Gasteiger partial charge on any atom is 0.191 e. The van der Waals surface area contributed by atoms with Crippen molar-refractivity contribution in [1.29, 1.82) is 0 Å². The molecule has 27 heavy (non-hydrogen) atoms. The summed E-state index contributed by atoms with van der Waals surface area (Å²) in [4.78, 5) is 7.27. The Morgan fingerprint density at radius 3 is 2.89 bits per heavy atom. The second-order valence-electron chi connectivity index (χ2n) is 6.85. The van der Waals surface area contributed by atoms with Gasteiger partial charge in [-0.2, -0.15) is 5.10 Å². The third kappa shape index (κ3) is 6.27. The van der Waals surface area contributed by atoms with Crippen molar-refractivity contribution in [2.45, 2.75) is 26.3 Å². The molecule has 7 heteroatoms. The summed E-state index contributed by atoms with van der Waals surface area (Å²) in [6, 6.07) is 10.5. The van der Waals surface area contributed by atoms with E-state index in [-0.39, 0.29) is 0 Å². The molecule has 2 aromatic rings. The molecule has 1 saturated heterocycles. The summed E-state index contributed by atoms with van der Waals surface area (Å²) in [7, 11) is 0. The van der Waals surface area contributed by atoms with E-state index in [1.54, 1.807) is 0 Å². The van der Waals surface area contributed by atoms with Crippen LogP contribution in [0.15, 0.2) is 52.2 Å². The van der Waals surface area contributed by atoms with Crippen molar-refractivity contribution in [3.8, 4) is 0 Å². The minimum Gasteiger partial charge on any atom is -0.371 e. The van der Waals surface area contributed by atoms with E-state index >= 15 is 0 Å². The van der Waals surface area contributed by atoms with Gasteiger partial charge in [-0.25, -0.2) is 0 Å². The summed E-state index contributed by atoms with van der Waals surface area (Å²) in [6.45, 7) is 7.83. The lowest BCUT2D eigenvalue weighted by Gasteiger charge is -2.18. The van der Waals surface area contributed by atoms with Gasteiger partial charge in [0.05, 0.1) is 0 Å². The highest BCUT2D eigenvalue weighted by Crippen LogP contribution is 2.25. The highest BCUT2D eigenvalue weighted by molar-refractivity contribution is 9.10. The Morgan fingerprint density at radius 1 is 1.30 bits per heavy atom. The Labute approximate surface area is 170 Å². The molecule has 1 aromatic carbocycles. The maximum absolute atomic E-state index is 4.81. The molecule has 0 radical (unpaired) electrons. The van der Waals surface area contributed by atoms with E-state index in [4.69, 9.17) is 4.99 Å². The lowest BCUT2D eigenvalue weighted by molar-refractivity contribution is 0.567. The molecule has 0 spiro atoms. The Balaban J connectivity index is 1.43. The Morgan fingerprint density at radius 2 is 2.15 bits per heavy atom. The van der Waals surface area contributed by atoms with Crippen LogP contribution in [0, 0.1) is 5.92 Å². The topological polar surface area (TPSA) is 57.5 Å². The predicted octanol–water partition coefficient (Wildman–Crippen LogP) is 3.12. The molecule has 3 rings (SSSR count). The van der Waals surface area contributed by atoms with Gasteiger partial charge in [0.15, 0.2) is 5.96 Å². The molecule has 1 aliphatic heterocycles. The number of halogens is 1. The zero-order valence-electron chi connectivity index (χ0n) is 15.9. The number of guanidine groups is 1. The number of nitrogens with zero attached hydrogens (tertiary/aromatic N) is 4. The van der Waals surface area contributed by atoms with Gasteiger partial charge < -0.3 is 15.5 Å². The van der Waals surface area contributed by atoms with Crippen LogP contribution in [0.2, 0.25) is 0 Å². The van der Waals surface area contributed by atoms with Crippen LogP contribution in [0.3, 0.4) is 0 Å². The largest absolute Gasteiger partial charge is 0.371 e. The number of anilines is 1. The van der Waals surface area contributed by atoms with Crippen LogP contribution >= 0.6 is 15.9 Å². The van der Waals surface area contributed by atoms with Crippen molar-refractivity contribution < 1.29 is 0 Å². The van der Waals surface area contributed by atoms with E-state index in [2.05, 4.69) is 67.8 Å². The normalized spacial score (nSPS) is 17.3. The predicted molar refractivity (Wildman–Crippen MR) is 115 cm³/mol. The van der Waals surface area contributed by atoms with Crippen molar-refractivity contribution in [3.05, 3.63) is 47.2 Å². The first-order valence-electron chi connectivity index (χ1n) is 9.74. The first kappa shape index (κ1) is 19.7. The molecule has 1 unspecified atom stereocenters. The molecule has 0 bridgehead atoms. The number of aromatic nitrogens is 2. The summed E-state index contributed by atoms with van der Waals surface area (Å²) >= 11 is 3.50. The van der Waals surface area contributed by atoms with Crippen molar-refractivity contribution >= 4 is 27.6 Å². The molecule has 0 amide bonds. The third-order valence-electron chi connectivity index (χ3n) is 4.75. The average Bonchev–Trinajstić information content (AvgIpc) is 3.36. The molecule has 1 atom stereocenters. The molecule has 146 valence electrons. The number of hydrogen-bond acceptors (Lipinski definition) is 3. The van der Waals surface area contributed by atoms with Crippen LogP contribution < -0.4 is 15.5 Å². The van der Waals surface area contributed by atoms with Gasteiger partial charge in [0.2, 0.25) is 0 Å². The number of aryl methyl sites for hydroxylation is 1. The summed E-state index contributed by atoms with van der Waals surface area (Å²) in [6.07, 6.45) is 6.03. The van der Waals surface area contributed by atoms with Gasteiger partial charge in [-0.1, -0.05) is 15.9 Å². The summed E-state index contributed by atoms with van der Waals surface area (Å²) in [5.41, 5.74) is 1.30. The zero-order valence-corrected chi connectivity index (χ0v) is 17.5. The minimum absolute atomic E-state index is 0.605. The second-order valence-corrected chi connectivity index (χ2v) is 7.76. The fourth-order valence-corrected chi connectivity index (χ4v) is 3.58. The van der Waals surface area contributed by atoms with Gasteiger partial charge in [-0.3, -0.25) is 9.67 Å². The van der Waals surface area contributed by atoms with Gasteiger partial charge in [-0.15, -0.1) is 0 Å². The molecular formula is C20H29BrN6. The van der Waals surface area contributed by atoms with Gasteiger partial charge >= 0.3 is 0 Å². The average molecular weight is 433 g/mol. The third-order valence-corrected chi connectivity index (χ3v) is 5.27. The fraction of sp³-hybridized carbons (Fsp3) is 0.500. The van der Waals surface area contributed by atoms with Crippen molar-refractivity contribution in [3.63, 3.8) is 0 Å². The molecule has 1 aromatic heterocycles. The molecule has 6 nitrogen and oxygen atoms in total. The SMILES string of the molecule is CCNC(=NCC1CCN(c2ccc(Br)cc2)C1)NCCCn1cccn1. The molecule has 0 saturated carbocycles. The second kappa shape index (κ2) is 10.3. The van der Waals surface area contributed by atoms with Crippen LogP contribution in [0.25, 0.3) is 0 Å². The standard InChI is InChI=1S/C20H29BrN6/c1-2-22-20(23-10-3-12-27-13-4-11-25-27)24-15-17-9-14-26(16-17)19-7-5-18(21)6-8-19/h4-8,11,13,17H,2-3,9-10,12,14-16H2,1H3,(H2,22,23,24). The van der Waals surface area contributed by atoms with E-state index in [9.17, 15) is 0 Å². The number of benzene rings is 1. The van der Waals surface area contributed by atoms with Crippen LogP contribution in [-0.2, 0) is 6.54 Å². The number of nitrogens with one attached hydrogen (secondary N) is 2. The van der Waals surface area contributed by atoms with Crippen molar-refractivity contribution in [2.75, 3.05) is 37.6 Å². The van der Waals surface area contributed by atoms with Gasteiger partial charge in [-0.05, 0) is 56.0 Å². The van der Waals surface area contributed by atoms with E-state index in [0.29, 0.717) is 5.92 Å². The summed E-state index contributed by atoms with van der Waals surface area (Å²) < 4.78 is 3.08. The molecule has 1 aliphatic rings. The molecular weight excluding hydrogens is 404 g/mol. The van der Waals surface area contributed by atoms with Crippen LogP contribution in [0.5, 0.6) is 0 Å².